The fourth-order valence-corrected chi connectivity index (χ4v) is 3.94. The third-order valence-electron chi connectivity index (χ3n) is 5.12. The Labute approximate surface area is 201 Å². The van der Waals surface area contributed by atoms with Crippen LogP contribution in [0.5, 0.6) is 5.75 Å². The molecule has 1 aliphatic heterocycles. The van der Waals surface area contributed by atoms with E-state index in [1.807, 2.05) is 0 Å². The summed E-state index contributed by atoms with van der Waals surface area (Å²) in [6.07, 6.45) is -3.30. The third kappa shape index (κ3) is 5.04. The number of methoxy groups -OCH3 is 1. The van der Waals surface area contributed by atoms with Gasteiger partial charge in [-0.25, -0.2) is 4.39 Å². The first-order chi connectivity index (χ1) is 16.2. The van der Waals surface area contributed by atoms with Crippen molar-refractivity contribution >= 4 is 39.3 Å². The predicted molar refractivity (Wildman–Crippen MR) is 125 cm³/mol. The Morgan fingerprint density at radius 2 is 1.79 bits per heavy atom. The highest BCUT2D eigenvalue weighted by Gasteiger charge is 2.46. The highest BCUT2D eigenvalue weighted by Crippen LogP contribution is 2.34. The smallest absolute Gasteiger partial charge is 0.435 e. The summed E-state index contributed by atoms with van der Waals surface area (Å²) in [7, 11) is 1.48. The van der Waals surface area contributed by atoms with Crippen molar-refractivity contribution in [3.8, 4) is 5.75 Å². The topological polar surface area (TPSA) is 41.9 Å². The fourth-order valence-electron chi connectivity index (χ4n) is 3.55. The normalized spacial score (nSPS) is 15.1. The molecule has 0 radical (unpaired) electrons. The molecule has 0 atom stereocenters. The molecule has 174 valence electrons. The first kappa shape index (κ1) is 23.7. The minimum atomic E-state index is -4.83. The molecule has 1 amide bonds. The molecule has 0 spiro atoms. The van der Waals surface area contributed by atoms with Crippen LogP contribution in [0, 0.1) is 5.82 Å². The lowest BCUT2D eigenvalue weighted by Crippen LogP contribution is -2.25. The highest BCUT2D eigenvalue weighted by atomic mass is 79.9. The van der Waals surface area contributed by atoms with Crippen LogP contribution >= 0.6 is 15.9 Å². The van der Waals surface area contributed by atoms with Crippen LogP contribution in [0.25, 0.3) is 6.08 Å². The summed E-state index contributed by atoms with van der Waals surface area (Å²) in [5, 5.41) is 4.33. The number of benzene rings is 3. The number of anilines is 1. The Morgan fingerprint density at radius 1 is 1.06 bits per heavy atom. The Morgan fingerprint density at radius 3 is 2.44 bits per heavy atom. The number of carbonyl (C=O) groups is 1. The van der Waals surface area contributed by atoms with Crippen LogP contribution in [0.2, 0.25) is 0 Å². The van der Waals surface area contributed by atoms with Gasteiger partial charge in [0.2, 0.25) is 0 Å². The van der Waals surface area contributed by atoms with Gasteiger partial charge in [-0.1, -0.05) is 40.2 Å². The van der Waals surface area contributed by atoms with Crippen molar-refractivity contribution in [1.29, 1.82) is 0 Å². The van der Waals surface area contributed by atoms with Crippen LogP contribution in [0.15, 0.2) is 81.9 Å². The second-order valence-electron chi connectivity index (χ2n) is 7.48. The number of alkyl halides is 3. The van der Waals surface area contributed by atoms with Crippen LogP contribution in [0.1, 0.15) is 16.7 Å². The van der Waals surface area contributed by atoms with Crippen molar-refractivity contribution in [1.82, 2.24) is 0 Å². The van der Waals surface area contributed by atoms with Crippen LogP contribution in [-0.4, -0.2) is 24.9 Å². The van der Waals surface area contributed by atoms with Crippen molar-refractivity contribution in [2.24, 2.45) is 5.10 Å². The van der Waals surface area contributed by atoms with Gasteiger partial charge in [0, 0.05) is 10.9 Å². The second kappa shape index (κ2) is 9.42. The number of hydrogen-bond acceptors (Lipinski definition) is 3. The molecule has 3 aromatic carbocycles. The zero-order valence-corrected chi connectivity index (χ0v) is 19.3. The summed E-state index contributed by atoms with van der Waals surface area (Å²) in [6.45, 7) is 0. The highest BCUT2D eigenvalue weighted by molar-refractivity contribution is 9.10. The van der Waals surface area contributed by atoms with E-state index in [1.165, 1.54) is 37.5 Å². The maximum Gasteiger partial charge on any atom is 0.435 e. The number of rotatable bonds is 5. The summed E-state index contributed by atoms with van der Waals surface area (Å²) >= 11 is 3.25. The molecule has 0 unspecified atom stereocenters. The molecule has 0 saturated heterocycles. The quantitative estimate of drug-likeness (QED) is 0.276. The molecule has 0 bridgehead atoms. The molecule has 0 saturated carbocycles. The van der Waals surface area contributed by atoms with Gasteiger partial charge in [-0.15, -0.1) is 0 Å². The summed E-state index contributed by atoms with van der Waals surface area (Å²) in [4.78, 5) is 13.0. The minimum absolute atomic E-state index is 0.205. The van der Waals surface area contributed by atoms with E-state index < -0.39 is 23.4 Å². The average molecular weight is 533 g/mol. The van der Waals surface area contributed by atoms with E-state index in [-0.39, 0.29) is 11.5 Å². The Balaban J connectivity index is 1.73. The van der Waals surface area contributed by atoms with Crippen LogP contribution in [0.4, 0.5) is 23.2 Å². The van der Waals surface area contributed by atoms with Gasteiger partial charge in [0.05, 0.1) is 18.4 Å². The maximum absolute atomic E-state index is 13.8. The zero-order valence-electron chi connectivity index (χ0n) is 17.7. The summed E-state index contributed by atoms with van der Waals surface area (Å²) in [6, 6.07) is 17.0. The molecule has 0 aromatic heterocycles. The number of nitrogens with zero attached hydrogens (tertiary/aromatic N) is 2. The summed E-state index contributed by atoms with van der Waals surface area (Å²) < 4.78 is 60.5. The molecule has 0 aliphatic carbocycles. The summed E-state index contributed by atoms with van der Waals surface area (Å²) in [5.41, 5.74) is 0.201. The van der Waals surface area contributed by atoms with E-state index in [1.54, 1.807) is 42.5 Å². The van der Waals surface area contributed by atoms with Gasteiger partial charge in [-0.3, -0.25) is 4.79 Å². The third-order valence-corrected chi connectivity index (χ3v) is 5.62. The van der Waals surface area contributed by atoms with Gasteiger partial charge in [-0.2, -0.15) is 23.3 Å². The molecule has 0 N–H and O–H groups in total. The van der Waals surface area contributed by atoms with Gasteiger partial charge in [-0.05, 0) is 65.2 Å². The van der Waals surface area contributed by atoms with E-state index in [0.29, 0.717) is 27.8 Å². The van der Waals surface area contributed by atoms with Gasteiger partial charge < -0.3 is 4.74 Å². The van der Waals surface area contributed by atoms with E-state index in [0.717, 1.165) is 10.6 Å². The molecule has 9 heteroatoms. The second-order valence-corrected chi connectivity index (χ2v) is 8.39. The molecular weight excluding hydrogens is 516 g/mol. The number of carbonyl (C=O) groups excluding carboxylic acids is 1. The molecule has 34 heavy (non-hydrogen) atoms. The van der Waals surface area contributed by atoms with Gasteiger partial charge >= 0.3 is 6.18 Å². The first-order valence-electron chi connectivity index (χ1n) is 10.0. The lowest BCUT2D eigenvalue weighted by Gasteiger charge is -2.12. The van der Waals surface area contributed by atoms with E-state index in [2.05, 4.69) is 21.0 Å². The van der Waals surface area contributed by atoms with Gasteiger partial charge in [0.1, 0.15) is 11.6 Å². The molecule has 1 aliphatic rings. The molecule has 1 heterocycles. The van der Waals surface area contributed by atoms with E-state index >= 15 is 0 Å². The van der Waals surface area contributed by atoms with Crippen molar-refractivity contribution < 1.29 is 27.1 Å². The Hall–Kier alpha value is -3.46. The number of hydrazone groups is 1. The van der Waals surface area contributed by atoms with Crippen molar-refractivity contribution in [3.05, 3.63) is 99.3 Å². The SMILES string of the molecule is COc1ccc(/C=C2\C(=O)N(c3cccc(Br)c3)N=C2C(F)(F)F)cc1Cc1ccc(F)cc1. The first-order valence-corrected chi connectivity index (χ1v) is 10.8. The molecular formula is C25H17BrF4N2O2. The molecule has 0 fully saturated rings. The van der Waals surface area contributed by atoms with Crippen molar-refractivity contribution in [2.45, 2.75) is 12.6 Å². The fraction of sp³-hybridized carbons (Fsp3) is 0.120. The van der Waals surface area contributed by atoms with Crippen LogP contribution in [0.3, 0.4) is 0 Å². The molecule has 4 nitrogen and oxygen atoms in total. The standard InChI is InChI=1S/C25H17BrF4N2O2/c1-34-22-10-7-16(12-17(22)11-15-5-8-19(27)9-6-15)13-21-23(25(28,29)30)31-32(24(21)33)20-4-2-3-18(26)14-20/h2-10,12-14H,11H2,1H3/b21-13-. The Bertz CT molecular complexity index is 1300. The van der Waals surface area contributed by atoms with Crippen molar-refractivity contribution in [3.63, 3.8) is 0 Å². The van der Waals surface area contributed by atoms with Crippen LogP contribution < -0.4 is 9.75 Å². The monoisotopic (exact) mass is 532 g/mol. The number of amides is 1. The van der Waals surface area contributed by atoms with Gasteiger partial charge in [0.15, 0.2) is 5.71 Å². The van der Waals surface area contributed by atoms with Gasteiger partial charge in [0.25, 0.3) is 5.91 Å². The number of halogens is 5. The largest absolute Gasteiger partial charge is 0.496 e. The van der Waals surface area contributed by atoms with E-state index in [4.69, 9.17) is 4.74 Å². The Kier molecular flexibility index (Phi) is 6.56. The predicted octanol–water partition coefficient (Wildman–Crippen LogP) is 6.54. The minimum Gasteiger partial charge on any atom is -0.496 e. The maximum atomic E-state index is 13.8. The average Bonchev–Trinajstić information content (AvgIpc) is 3.12. The molecule has 4 rings (SSSR count). The number of ether oxygens (including phenoxy) is 1. The lowest BCUT2D eigenvalue weighted by molar-refractivity contribution is -0.114. The molecule has 3 aromatic rings. The zero-order chi connectivity index (χ0) is 24.5. The lowest BCUT2D eigenvalue weighted by atomic mass is 9.99. The van der Waals surface area contributed by atoms with Crippen LogP contribution in [-0.2, 0) is 11.2 Å². The van der Waals surface area contributed by atoms with E-state index in [9.17, 15) is 22.4 Å². The number of hydrogen-bond donors (Lipinski definition) is 0. The summed E-state index contributed by atoms with van der Waals surface area (Å²) in [5.74, 6) is -0.742. The van der Waals surface area contributed by atoms with Crippen molar-refractivity contribution in [2.75, 3.05) is 12.1 Å².